The van der Waals surface area contributed by atoms with E-state index in [2.05, 4.69) is 33.4 Å². The number of imide groups is 1. The van der Waals surface area contributed by atoms with Crippen LogP contribution in [-0.4, -0.2) is 30.3 Å². The van der Waals surface area contributed by atoms with Gasteiger partial charge in [-0.3, -0.25) is 19.3 Å². The molecule has 1 N–H and O–H groups in total. The van der Waals surface area contributed by atoms with Crippen molar-refractivity contribution in [3.8, 4) is 0 Å². The summed E-state index contributed by atoms with van der Waals surface area (Å²) in [5, 5.41) is 2.72. The third-order valence-electron chi connectivity index (χ3n) is 7.33. The van der Waals surface area contributed by atoms with Crippen molar-refractivity contribution in [3.05, 3.63) is 94.0 Å². The first-order chi connectivity index (χ1) is 18.3. The Bertz CT molecular complexity index is 1410. The van der Waals surface area contributed by atoms with Crippen LogP contribution in [0, 0.1) is 18.8 Å². The van der Waals surface area contributed by atoms with Gasteiger partial charge < -0.3 is 10.1 Å². The summed E-state index contributed by atoms with van der Waals surface area (Å²) in [5.41, 5.74) is 3.18. The van der Waals surface area contributed by atoms with Crippen molar-refractivity contribution in [1.82, 2.24) is 0 Å². The third kappa shape index (κ3) is 5.27. The molecule has 38 heavy (non-hydrogen) atoms. The normalized spacial score (nSPS) is 20.7. The molecule has 8 heteroatoms. The molecule has 2 fully saturated rings. The minimum atomic E-state index is -0.713. The quantitative estimate of drug-likeness (QED) is 0.304. The van der Waals surface area contributed by atoms with E-state index in [1.54, 1.807) is 24.3 Å². The molecule has 2 aliphatic rings. The lowest BCUT2D eigenvalue weighted by Crippen LogP contribution is -2.31. The first-order valence-electron chi connectivity index (χ1n) is 12.6. The van der Waals surface area contributed by atoms with Crippen molar-refractivity contribution in [1.29, 1.82) is 0 Å². The highest BCUT2D eigenvalue weighted by Gasteiger charge is 2.50. The predicted molar refractivity (Wildman–Crippen MR) is 147 cm³/mol. The number of aryl methyl sites for hydroxylation is 1. The van der Waals surface area contributed by atoms with E-state index in [0.29, 0.717) is 24.2 Å². The molecule has 3 atom stereocenters. The van der Waals surface area contributed by atoms with Gasteiger partial charge in [0, 0.05) is 10.2 Å². The topological polar surface area (TPSA) is 92.8 Å². The van der Waals surface area contributed by atoms with Crippen molar-refractivity contribution < 1.29 is 23.9 Å². The van der Waals surface area contributed by atoms with E-state index in [9.17, 15) is 19.2 Å². The number of ether oxygens (including phenoxy) is 1. The van der Waals surface area contributed by atoms with Gasteiger partial charge in [-0.2, -0.15) is 0 Å². The molecule has 0 aromatic heterocycles. The number of nitrogens with zero attached hydrogens (tertiary/aromatic N) is 1. The van der Waals surface area contributed by atoms with Crippen molar-refractivity contribution >= 4 is 51.0 Å². The maximum Gasteiger partial charge on any atom is 0.338 e. The van der Waals surface area contributed by atoms with Gasteiger partial charge in [-0.05, 0) is 79.6 Å². The number of fused-ring (bicyclic) bond motifs is 1. The zero-order valence-corrected chi connectivity index (χ0v) is 22.4. The van der Waals surface area contributed by atoms with Gasteiger partial charge in [0.15, 0.2) is 6.61 Å². The van der Waals surface area contributed by atoms with Gasteiger partial charge in [0.05, 0.1) is 23.1 Å². The number of benzene rings is 3. The first kappa shape index (κ1) is 25.9. The molecular weight excluding hydrogens is 548 g/mol. The fraction of sp³-hybridized carbons (Fsp3) is 0.267. The molecule has 0 spiro atoms. The van der Waals surface area contributed by atoms with E-state index >= 15 is 0 Å². The van der Waals surface area contributed by atoms with Crippen molar-refractivity contribution in [2.24, 2.45) is 11.8 Å². The molecule has 194 valence electrons. The number of anilines is 2. The molecule has 3 aromatic rings. The average Bonchev–Trinajstić information content (AvgIpc) is 3.18. The summed E-state index contributed by atoms with van der Waals surface area (Å²) in [4.78, 5) is 52.9. The van der Waals surface area contributed by atoms with Gasteiger partial charge in [-0.25, -0.2) is 4.79 Å². The SMILES string of the molecule is Cc1cc(Br)ccc1NC(=O)COC(=O)c1cccc(N2C(=O)[C@H]3C[C@H](c4ccccc4)CC[C@H]3C2=O)c1. The molecule has 5 rings (SSSR count). The maximum absolute atomic E-state index is 13.4. The predicted octanol–water partition coefficient (Wildman–Crippen LogP) is 5.63. The summed E-state index contributed by atoms with van der Waals surface area (Å²) in [5.74, 6) is -2.11. The fourth-order valence-corrected chi connectivity index (χ4v) is 5.88. The van der Waals surface area contributed by atoms with E-state index in [0.717, 1.165) is 16.5 Å². The summed E-state index contributed by atoms with van der Waals surface area (Å²) < 4.78 is 6.10. The largest absolute Gasteiger partial charge is 0.452 e. The first-order valence-corrected chi connectivity index (χ1v) is 13.4. The van der Waals surface area contributed by atoms with Gasteiger partial charge >= 0.3 is 5.97 Å². The third-order valence-corrected chi connectivity index (χ3v) is 7.83. The molecule has 7 nitrogen and oxygen atoms in total. The second-order valence-electron chi connectivity index (χ2n) is 9.78. The van der Waals surface area contributed by atoms with Crippen LogP contribution in [-0.2, 0) is 19.1 Å². The summed E-state index contributed by atoms with van der Waals surface area (Å²) >= 11 is 3.38. The van der Waals surface area contributed by atoms with Crippen LogP contribution in [0.15, 0.2) is 77.3 Å². The molecule has 1 saturated carbocycles. The lowest BCUT2D eigenvalue weighted by Gasteiger charge is -2.28. The van der Waals surface area contributed by atoms with Gasteiger partial charge in [0.2, 0.25) is 11.8 Å². The molecular formula is C30H27BrN2O5. The van der Waals surface area contributed by atoms with Crippen LogP contribution in [0.2, 0.25) is 0 Å². The van der Waals surface area contributed by atoms with Crippen LogP contribution >= 0.6 is 15.9 Å². The molecule has 3 aromatic carbocycles. The van der Waals surface area contributed by atoms with Gasteiger partial charge in [-0.1, -0.05) is 52.3 Å². The number of nitrogens with one attached hydrogen (secondary N) is 1. The smallest absolute Gasteiger partial charge is 0.338 e. The Labute approximate surface area is 229 Å². The number of esters is 1. The Kier molecular flexibility index (Phi) is 7.42. The Morgan fingerprint density at radius 2 is 1.71 bits per heavy atom. The van der Waals surface area contributed by atoms with E-state index < -0.39 is 18.5 Å². The van der Waals surface area contributed by atoms with Gasteiger partial charge in [0.1, 0.15) is 0 Å². The Morgan fingerprint density at radius 3 is 2.47 bits per heavy atom. The molecule has 1 aliphatic heterocycles. The van der Waals surface area contributed by atoms with Crippen LogP contribution in [0.3, 0.4) is 0 Å². The fourth-order valence-electron chi connectivity index (χ4n) is 5.40. The second kappa shape index (κ2) is 10.9. The highest BCUT2D eigenvalue weighted by molar-refractivity contribution is 9.10. The summed E-state index contributed by atoms with van der Waals surface area (Å²) in [6.45, 7) is 1.39. The number of halogens is 1. The number of carbonyl (C=O) groups is 4. The van der Waals surface area contributed by atoms with Crippen LogP contribution in [0.4, 0.5) is 11.4 Å². The lowest BCUT2D eigenvalue weighted by atomic mass is 9.73. The van der Waals surface area contributed by atoms with E-state index in [4.69, 9.17) is 4.74 Å². The lowest BCUT2D eigenvalue weighted by molar-refractivity contribution is -0.122. The van der Waals surface area contributed by atoms with Crippen LogP contribution < -0.4 is 10.2 Å². The number of amides is 3. The zero-order chi connectivity index (χ0) is 26.8. The molecule has 1 aliphatic carbocycles. The Morgan fingerprint density at radius 1 is 0.947 bits per heavy atom. The molecule has 1 heterocycles. The highest BCUT2D eigenvalue weighted by atomic mass is 79.9. The highest BCUT2D eigenvalue weighted by Crippen LogP contribution is 2.45. The van der Waals surface area contributed by atoms with Gasteiger partial charge in [0.25, 0.3) is 5.91 Å². The van der Waals surface area contributed by atoms with E-state index in [1.165, 1.54) is 22.6 Å². The minimum Gasteiger partial charge on any atom is -0.452 e. The van der Waals surface area contributed by atoms with Crippen molar-refractivity contribution in [3.63, 3.8) is 0 Å². The van der Waals surface area contributed by atoms with Crippen LogP contribution in [0.25, 0.3) is 0 Å². The van der Waals surface area contributed by atoms with Crippen molar-refractivity contribution in [2.75, 3.05) is 16.8 Å². The number of hydrogen-bond donors (Lipinski definition) is 1. The summed E-state index contributed by atoms with van der Waals surface area (Å²) in [6, 6.07) is 21.8. The summed E-state index contributed by atoms with van der Waals surface area (Å²) in [6.07, 6.45) is 2.14. The standard InChI is InChI=1S/C30H27BrN2O5/c1-18-14-22(31)11-13-26(18)32-27(34)17-38-30(37)21-8-5-9-23(15-21)33-28(35)24-12-10-20(16-25(24)29(33)36)19-6-3-2-4-7-19/h2-9,11,13-15,20,24-25H,10,12,16-17H2,1H3,(H,32,34)/t20-,24-,25+/m1/s1. The van der Waals surface area contributed by atoms with Crippen LogP contribution in [0.5, 0.6) is 0 Å². The molecule has 0 radical (unpaired) electrons. The molecule has 3 amide bonds. The van der Waals surface area contributed by atoms with Crippen LogP contribution in [0.1, 0.15) is 46.7 Å². The van der Waals surface area contributed by atoms with E-state index in [1.807, 2.05) is 31.2 Å². The average molecular weight is 575 g/mol. The molecule has 0 unspecified atom stereocenters. The maximum atomic E-state index is 13.4. The Hall–Kier alpha value is -3.78. The summed E-state index contributed by atoms with van der Waals surface area (Å²) in [7, 11) is 0. The number of rotatable bonds is 6. The Balaban J connectivity index is 1.24. The van der Waals surface area contributed by atoms with Gasteiger partial charge in [-0.15, -0.1) is 0 Å². The monoisotopic (exact) mass is 574 g/mol. The number of hydrogen-bond acceptors (Lipinski definition) is 5. The minimum absolute atomic E-state index is 0.160. The van der Waals surface area contributed by atoms with Crippen molar-refractivity contribution in [2.45, 2.75) is 32.1 Å². The zero-order valence-electron chi connectivity index (χ0n) is 20.9. The molecule has 0 bridgehead atoms. The number of carbonyl (C=O) groups excluding carboxylic acids is 4. The van der Waals surface area contributed by atoms with E-state index in [-0.39, 0.29) is 35.1 Å². The second-order valence-corrected chi connectivity index (χ2v) is 10.7. The molecule has 1 saturated heterocycles.